The van der Waals surface area contributed by atoms with Gasteiger partial charge in [-0.05, 0) is 42.3 Å². The van der Waals surface area contributed by atoms with E-state index in [0.717, 1.165) is 29.8 Å². The number of nitrogen functional groups attached to an aromatic ring is 2. The van der Waals surface area contributed by atoms with Crippen molar-refractivity contribution in [3.63, 3.8) is 0 Å². The smallest absolute Gasteiger partial charge is 0.224 e. The Labute approximate surface area is 156 Å². The lowest BCUT2D eigenvalue weighted by molar-refractivity contribution is -0.116. The SMILES string of the molecule is CCCCCCCC(=O)Nc1ccc(NCc2ccc(N)cc2)cc1N. The number of carbonyl (C=O) groups is 1. The molecule has 6 N–H and O–H groups in total. The second kappa shape index (κ2) is 10.3. The maximum absolute atomic E-state index is 12.0. The van der Waals surface area contributed by atoms with Crippen LogP contribution in [0.4, 0.5) is 22.7 Å². The summed E-state index contributed by atoms with van der Waals surface area (Å²) in [5.74, 6) is 0.0239. The summed E-state index contributed by atoms with van der Waals surface area (Å²) in [6.45, 7) is 2.87. The fourth-order valence-electron chi connectivity index (χ4n) is 2.73. The number of anilines is 4. The summed E-state index contributed by atoms with van der Waals surface area (Å²) in [5.41, 5.74) is 15.8. The van der Waals surface area contributed by atoms with Gasteiger partial charge in [-0.2, -0.15) is 0 Å². The Bertz CT molecular complexity index is 698. The van der Waals surface area contributed by atoms with Crippen molar-refractivity contribution in [3.05, 3.63) is 48.0 Å². The van der Waals surface area contributed by atoms with E-state index >= 15 is 0 Å². The zero-order valence-electron chi connectivity index (χ0n) is 15.6. The van der Waals surface area contributed by atoms with E-state index in [2.05, 4.69) is 17.6 Å². The minimum Gasteiger partial charge on any atom is -0.399 e. The van der Waals surface area contributed by atoms with Gasteiger partial charge in [0, 0.05) is 24.3 Å². The van der Waals surface area contributed by atoms with Crippen molar-refractivity contribution in [2.24, 2.45) is 0 Å². The molecule has 26 heavy (non-hydrogen) atoms. The number of benzene rings is 2. The van der Waals surface area contributed by atoms with Crippen LogP contribution in [0.25, 0.3) is 0 Å². The van der Waals surface area contributed by atoms with Gasteiger partial charge in [0.25, 0.3) is 0 Å². The monoisotopic (exact) mass is 354 g/mol. The topological polar surface area (TPSA) is 93.2 Å². The summed E-state index contributed by atoms with van der Waals surface area (Å²) < 4.78 is 0. The zero-order chi connectivity index (χ0) is 18.8. The maximum Gasteiger partial charge on any atom is 0.224 e. The highest BCUT2D eigenvalue weighted by atomic mass is 16.1. The molecule has 0 fully saturated rings. The van der Waals surface area contributed by atoms with Crippen molar-refractivity contribution in [1.82, 2.24) is 0 Å². The first-order valence-corrected chi connectivity index (χ1v) is 9.36. The van der Waals surface area contributed by atoms with E-state index in [9.17, 15) is 4.79 Å². The van der Waals surface area contributed by atoms with Crippen LogP contribution in [-0.2, 0) is 11.3 Å². The molecule has 2 aromatic rings. The molecule has 0 spiro atoms. The molecule has 0 aliphatic carbocycles. The Balaban J connectivity index is 1.80. The van der Waals surface area contributed by atoms with Gasteiger partial charge in [0.15, 0.2) is 0 Å². The van der Waals surface area contributed by atoms with Crippen LogP contribution in [0.1, 0.15) is 51.0 Å². The molecule has 0 saturated heterocycles. The third-order valence-corrected chi connectivity index (χ3v) is 4.31. The van der Waals surface area contributed by atoms with Crippen molar-refractivity contribution in [3.8, 4) is 0 Å². The summed E-state index contributed by atoms with van der Waals surface area (Å²) in [4.78, 5) is 12.0. The van der Waals surface area contributed by atoms with Gasteiger partial charge in [-0.3, -0.25) is 4.79 Å². The molecule has 0 aromatic heterocycles. The van der Waals surface area contributed by atoms with Crippen LogP contribution in [0, 0.1) is 0 Å². The molecule has 140 valence electrons. The molecule has 2 rings (SSSR count). The molecule has 5 heteroatoms. The highest BCUT2D eigenvalue weighted by Crippen LogP contribution is 2.23. The van der Waals surface area contributed by atoms with Crippen molar-refractivity contribution in [2.45, 2.75) is 52.0 Å². The molecule has 0 heterocycles. The molecule has 1 amide bonds. The first kappa shape index (κ1) is 19.6. The highest BCUT2D eigenvalue weighted by Gasteiger charge is 2.06. The van der Waals surface area contributed by atoms with Crippen LogP contribution in [0.5, 0.6) is 0 Å². The summed E-state index contributed by atoms with van der Waals surface area (Å²) in [6, 6.07) is 13.3. The predicted molar refractivity (Wildman–Crippen MR) is 111 cm³/mol. The highest BCUT2D eigenvalue weighted by molar-refractivity contribution is 5.94. The van der Waals surface area contributed by atoms with Gasteiger partial charge < -0.3 is 22.1 Å². The van der Waals surface area contributed by atoms with E-state index in [4.69, 9.17) is 11.5 Å². The Hall–Kier alpha value is -2.69. The van der Waals surface area contributed by atoms with Crippen molar-refractivity contribution in [2.75, 3.05) is 22.1 Å². The number of rotatable bonds is 10. The normalized spacial score (nSPS) is 10.5. The molecule has 0 aliphatic rings. The number of amides is 1. The van der Waals surface area contributed by atoms with Crippen molar-refractivity contribution < 1.29 is 4.79 Å². The lowest BCUT2D eigenvalue weighted by Gasteiger charge is -2.12. The number of hydrogen-bond donors (Lipinski definition) is 4. The summed E-state index contributed by atoms with van der Waals surface area (Å²) in [7, 11) is 0. The number of carbonyl (C=O) groups excluding carboxylic acids is 1. The van der Waals surface area contributed by atoms with Gasteiger partial charge in [0.05, 0.1) is 11.4 Å². The lowest BCUT2D eigenvalue weighted by Crippen LogP contribution is -2.12. The zero-order valence-corrected chi connectivity index (χ0v) is 15.6. The Morgan fingerprint density at radius 1 is 0.962 bits per heavy atom. The van der Waals surface area contributed by atoms with Crippen LogP contribution in [0.15, 0.2) is 42.5 Å². The maximum atomic E-state index is 12.0. The van der Waals surface area contributed by atoms with Gasteiger partial charge >= 0.3 is 0 Å². The first-order chi connectivity index (χ1) is 12.6. The minimum absolute atomic E-state index is 0.0239. The average Bonchev–Trinajstić information content (AvgIpc) is 2.63. The standard InChI is InChI=1S/C21H30N4O/c1-2-3-4-5-6-7-21(26)25-20-13-12-18(14-19(20)23)24-15-16-8-10-17(22)11-9-16/h8-14,24H,2-7,15,22-23H2,1H3,(H,25,26). The van der Waals surface area contributed by atoms with E-state index < -0.39 is 0 Å². The number of nitrogens with two attached hydrogens (primary N) is 2. The largest absolute Gasteiger partial charge is 0.399 e. The van der Waals surface area contributed by atoms with E-state index in [0.29, 0.717) is 24.3 Å². The molecule has 0 atom stereocenters. The van der Waals surface area contributed by atoms with E-state index in [1.807, 2.05) is 42.5 Å². The van der Waals surface area contributed by atoms with Crippen LogP contribution >= 0.6 is 0 Å². The average molecular weight is 354 g/mol. The van der Waals surface area contributed by atoms with Crippen LogP contribution in [-0.4, -0.2) is 5.91 Å². The third-order valence-electron chi connectivity index (χ3n) is 4.31. The van der Waals surface area contributed by atoms with Crippen LogP contribution < -0.4 is 22.1 Å². The number of nitrogens with one attached hydrogen (secondary N) is 2. The van der Waals surface area contributed by atoms with Gasteiger partial charge in [-0.1, -0.05) is 44.7 Å². The van der Waals surface area contributed by atoms with Crippen LogP contribution in [0.2, 0.25) is 0 Å². The van der Waals surface area contributed by atoms with E-state index in [-0.39, 0.29) is 5.91 Å². The van der Waals surface area contributed by atoms with Crippen molar-refractivity contribution >= 4 is 28.7 Å². The fraction of sp³-hybridized carbons (Fsp3) is 0.381. The molecule has 0 unspecified atom stereocenters. The lowest BCUT2D eigenvalue weighted by atomic mass is 10.1. The minimum atomic E-state index is 0.0239. The second-order valence-electron chi connectivity index (χ2n) is 6.61. The van der Waals surface area contributed by atoms with E-state index in [1.54, 1.807) is 0 Å². The quantitative estimate of drug-likeness (QED) is 0.365. The van der Waals surface area contributed by atoms with Crippen LogP contribution in [0.3, 0.4) is 0 Å². The summed E-state index contributed by atoms with van der Waals surface area (Å²) in [6.07, 6.45) is 6.21. The molecule has 0 saturated carbocycles. The first-order valence-electron chi connectivity index (χ1n) is 9.36. The number of hydrogen-bond acceptors (Lipinski definition) is 4. The molecular formula is C21H30N4O. The predicted octanol–water partition coefficient (Wildman–Crippen LogP) is 4.76. The molecule has 0 aliphatic heterocycles. The van der Waals surface area contributed by atoms with Gasteiger partial charge in [0.1, 0.15) is 0 Å². The summed E-state index contributed by atoms with van der Waals surface area (Å²) in [5, 5.41) is 6.22. The number of unbranched alkanes of at least 4 members (excludes halogenated alkanes) is 4. The Morgan fingerprint density at radius 2 is 1.69 bits per heavy atom. The second-order valence-corrected chi connectivity index (χ2v) is 6.61. The van der Waals surface area contributed by atoms with Gasteiger partial charge in [0.2, 0.25) is 5.91 Å². The fourth-order valence-corrected chi connectivity index (χ4v) is 2.73. The molecule has 2 aromatic carbocycles. The molecule has 0 bridgehead atoms. The van der Waals surface area contributed by atoms with Gasteiger partial charge in [-0.15, -0.1) is 0 Å². The molecule has 0 radical (unpaired) electrons. The summed E-state index contributed by atoms with van der Waals surface area (Å²) >= 11 is 0. The Kier molecular flexibility index (Phi) is 7.80. The molecule has 5 nitrogen and oxygen atoms in total. The third kappa shape index (κ3) is 6.67. The van der Waals surface area contributed by atoms with Crippen molar-refractivity contribution in [1.29, 1.82) is 0 Å². The molecular weight excluding hydrogens is 324 g/mol. The Morgan fingerprint density at radius 3 is 2.38 bits per heavy atom. The van der Waals surface area contributed by atoms with Gasteiger partial charge in [-0.25, -0.2) is 0 Å². The van der Waals surface area contributed by atoms with E-state index in [1.165, 1.54) is 19.3 Å².